The summed E-state index contributed by atoms with van der Waals surface area (Å²) in [4.78, 5) is 160. The summed E-state index contributed by atoms with van der Waals surface area (Å²) in [7, 11) is 3.06. The number of carboxylic acid groups (broad SMARTS) is 3. The first kappa shape index (κ1) is 111. The van der Waals surface area contributed by atoms with E-state index in [0.717, 1.165) is 116 Å². The molecule has 4 atom stereocenters. The molecule has 0 saturated heterocycles. The summed E-state index contributed by atoms with van der Waals surface area (Å²) in [5.41, 5.74) is 0. The molecule has 1 radical (unpaired) electrons. The minimum Gasteiger partial charge on any atom is -0.542 e. The summed E-state index contributed by atoms with van der Waals surface area (Å²) in [6.07, 6.45) is 25.6. The van der Waals surface area contributed by atoms with Gasteiger partial charge in [-0.05, 0) is 71.1 Å². The maximum Gasteiger partial charge on any atom is 0.326 e. The van der Waals surface area contributed by atoms with Crippen LogP contribution in [0.4, 0.5) is 0 Å². The molecule has 110 heavy (non-hydrogen) atoms. The first-order chi connectivity index (χ1) is 52.5. The molecule has 9 N–H and O–H groups in total. The Morgan fingerprint density at radius 2 is 0.773 bits per heavy atom. The van der Waals surface area contributed by atoms with Gasteiger partial charge in [-0.15, -0.1) is 11.8 Å². The molecule has 0 bridgehead atoms. The number of aldehydes is 1. The number of nitrogens with one attached hydrogen (secondary N) is 6. The molecular weight excluding hydrogens is 1510 g/mol. The number of methoxy groups -OCH3 is 2. The van der Waals surface area contributed by atoms with Crippen molar-refractivity contribution in [3.05, 3.63) is 6.92 Å². The average Bonchev–Trinajstić information content (AvgIpc) is 0.947. The Hall–Kier alpha value is -5.68. The van der Waals surface area contributed by atoms with Crippen LogP contribution in [-0.4, -0.2) is 257 Å². The number of amides is 6. The molecule has 0 rings (SSSR count). The Bertz CT molecular complexity index is 2410. The Balaban J connectivity index is -0.000000406. The Morgan fingerprint density at radius 3 is 1.19 bits per heavy atom. The maximum absolute atomic E-state index is 12.2. The second-order valence-electron chi connectivity index (χ2n) is 26.3. The van der Waals surface area contributed by atoms with Crippen molar-refractivity contribution in [3.63, 3.8) is 0 Å². The van der Waals surface area contributed by atoms with Crippen LogP contribution in [0.5, 0.6) is 0 Å². The Morgan fingerprint density at radius 1 is 0.382 bits per heavy atom. The topological polar surface area (TPSA) is 455 Å². The molecule has 0 aromatic rings. The van der Waals surface area contributed by atoms with Crippen molar-refractivity contribution in [3.8, 4) is 0 Å². The van der Waals surface area contributed by atoms with E-state index in [-0.39, 0.29) is 205 Å². The molecule has 0 heterocycles. The number of unbranched alkanes of at least 4 members (excludes halogenated alkanes) is 16. The standard InChI is InChI=1S/C38H66N3O12.C22H40N2O8.C17H30NO6.Y.2H2/c1-31(32(2)43)14-11-12-20-39-36(46)29-53-27-25-51-23-21-40-37(47)30-52-26-24-50-22-13-15-34(44)19-18-33(28-42)41-35(45)16-9-7-5-3-4-6-8-10-17-38(48)49;1-31-16-17-32-15-14-23-19(25)13-12-18(22(29)30)24-20(26)10-8-6-4-2-3-5-7-9-11-21(27)28;1-15(12-19)6-3-4-8-18-17(21)14-24-11-10-23-9-5-7-16(20)13-22-2;;;/h28,31,33H,1,3-27,29-30H2,2H3,(H,39,46)(H,40,47)(H,41,45)(H,48,49);18H,2-17H2,1H3,(H,23,25)(H,24,26)(H,27,28)(H,29,30);15H,3-11,13-14H2,1-2H3,(H,18,21);;2*1H/q-1;;-1;;;/t31-,33-;18-;15-;;;/m000.../s1. The quantitative estimate of drug-likeness (QED) is 0.0169. The van der Waals surface area contributed by atoms with Crippen LogP contribution in [0.25, 0.3) is 0 Å². The van der Waals surface area contributed by atoms with Crippen LogP contribution in [0.15, 0.2) is 0 Å². The van der Waals surface area contributed by atoms with E-state index in [1.165, 1.54) is 14.0 Å². The van der Waals surface area contributed by atoms with E-state index in [4.69, 9.17) is 52.8 Å². The third kappa shape index (κ3) is 86.3. The maximum atomic E-state index is 12.2. The first-order valence-corrected chi connectivity index (χ1v) is 39.0. The number of carbonyl (C=O) groups excluding carboxylic acids is 11. The number of ether oxygens (including phenoxy) is 9. The second-order valence-corrected chi connectivity index (χ2v) is 26.3. The molecule has 0 aliphatic rings. The molecule has 0 saturated carbocycles. The van der Waals surface area contributed by atoms with Gasteiger partial charge in [0.1, 0.15) is 50.3 Å². The van der Waals surface area contributed by atoms with Gasteiger partial charge in [-0.2, -0.15) is 0 Å². The van der Waals surface area contributed by atoms with Crippen molar-refractivity contribution < 1.29 is 161 Å². The van der Waals surface area contributed by atoms with Crippen LogP contribution in [0, 0.1) is 18.8 Å². The fourth-order valence-corrected chi connectivity index (χ4v) is 9.89. The third-order valence-corrected chi connectivity index (χ3v) is 16.3. The van der Waals surface area contributed by atoms with Crippen molar-refractivity contribution in [2.45, 2.75) is 244 Å². The van der Waals surface area contributed by atoms with Crippen LogP contribution in [0.3, 0.4) is 0 Å². The normalized spacial score (nSPS) is 11.8. The molecule has 0 aliphatic heterocycles. The summed E-state index contributed by atoms with van der Waals surface area (Å²) < 4.78 is 46.7. The van der Waals surface area contributed by atoms with E-state index in [2.05, 4.69) is 38.8 Å². The molecule has 639 valence electrons. The minimum atomic E-state index is -1.16. The number of hydrogen-bond donors (Lipinski definition) is 9. The number of Topliss-reactive ketones (excluding diaryl/α,β-unsaturated/α-hetero) is 3. The van der Waals surface area contributed by atoms with Gasteiger partial charge in [0, 0.05) is 141 Å². The predicted molar refractivity (Wildman–Crippen MR) is 410 cm³/mol. The van der Waals surface area contributed by atoms with Gasteiger partial charge in [0.2, 0.25) is 35.4 Å². The van der Waals surface area contributed by atoms with Gasteiger partial charge in [-0.25, -0.2) is 4.79 Å². The summed E-state index contributed by atoms with van der Waals surface area (Å²) in [5, 5.41) is 42.5. The van der Waals surface area contributed by atoms with Gasteiger partial charge in [0.25, 0.3) is 0 Å². The molecular formula is C77H140N6O26Y-2. The smallest absolute Gasteiger partial charge is 0.326 e. The van der Waals surface area contributed by atoms with Gasteiger partial charge < -0.3 is 111 Å². The number of rotatable bonds is 78. The van der Waals surface area contributed by atoms with Crippen molar-refractivity contribution in [1.29, 1.82) is 0 Å². The third-order valence-electron chi connectivity index (χ3n) is 16.3. The number of aliphatic carboxylic acids is 3. The zero-order valence-electron chi connectivity index (χ0n) is 66.6. The van der Waals surface area contributed by atoms with E-state index in [9.17, 15) is 72.2 Å². The molecule has 32 nitrogen and oxygen atoms in total. The zero-order chi connectivity index (χ0) is 81.4. The van der Waals surface area contributed by atoms with Crippen molar-refractivity contribution >= 4 is 83.3 Å². The van der Waals surface area contributed by atoms with E-state index >= 15 is 0 Å². The zero-order valence-corrected chi connectivity index (χ0v) is 69.4. The number of carbonyl (C=O) groups is 13. The largest absolute Gasteiger partial charge is 0.542 e. The van der Waals surface area contributed by atoms with E-state index in [0.29, 0.717) is 137 Å². The first-order valence-electron chi connectivity index (χ1n) is 39.0. The fraction of sp³-hybridized carbons (Fsp3) is 0.805. The summed E-state index contributed by atoms with van der Waals surface area (Å²) in [6, 6.07) is -1.77. The monoisotopic (exact) mass is 1650 g/mol. The van der Waals surface area contributed by atoms with E-state index < -0.39 is 30.0 Å². The molecule has 0 aromatic carbocycles. The van der Waals surface area contributed by atoms with Gasteiger partial charge in [0.05, 0.1) is 72.1 Å². The van der Waals surface area contributed by atoms with Gasteiger partial charge >= 0.3 is 17.9 Å². The molecule has 0 spiro atoms. The summed E-state index contributed by atoms with van der Waals surface area (Å²) >= 11 is 0. The molecule has 0 aliphatic carbocycles. The molecule has 0 aromatic heterocycles. The summed E-state index contributed by atoms with van der Waals surface area (Å²) in [5.74, 6) is -4.24. The van der Waals surface area contributed by atoms with Crippen LogP contribution in [0.1, 0.15) is 235 Å². The second kappa shape index (κ2) is 84.2. The number of carboxylic acids is 3. The van der Waals surface area contributed by atoms with Crippen LogP contribution >= 0.6 is 0 Å². The van der Waals surface area contributed by atoms with Crippen LogP contribution < -0.4 is 31.9 Å². The summed E-state index contributed by atoms with van der Waals surface area (Å²) in [6.45, 7) is 13.0. The molecule has 33 heteroatoms. The average molecular weight is 1650 g/mol. The van der Waals surface area contributed by atoms with Gasteiger partial charge in [-0.1, -0.05) is 110 Å². The number of hydrogen-bond acceptors (Lipinski definition) is 23. The van der Waals surface area contributed by atoms with Gasteiger partial charge in [0.15, 0.2) is 5.78 Å². The Kier molecular flexibility index (Phi) is 84.7. The van der Waals surface area contributed by atoms with E-state index in [1.54, 1.807) is 7.11 Å². The molecule has 0 unspecified atom stereocenters. The predicted octanol–water partition coefficient (Wildman–Crippen LogP) is 6.93. The fourth-order valence-electron chi connectivity index (χ4n) is 9.89. The van der Waals surface area contributed by atoms with Crippen molar-refractivity contribution in [1.82, 2.24) is 31.9 Å². The number of ketones is 3. The molecule has 0 fully saturated rings. The van der Waals surface area contributed by atoms with Crippen molar-refractivity contribution in [2.75, 3.05) is 146 Å². The van der Waals surface area contributed by atoms with E-state index in [1.807, 2.05) is 13.2 Å². The van der Waals surface area contributed by atoms with Crippen LogP contribution in [0.2, 0.25) is 0 Å². The van der Waals surface area contributed by atoms with Crippen molar-refractivity contribution in [2.24, 2.45) is 11.8 Å². The molecule has 6 amide bonds. The Labute approximate surface area is 681 Å². The van der Waals surface area contributed by atoms with Gasteiger partial charge in [-0.3, -0.25) is 54.2 Å². The van der Waals surface area contributed by atoms with Crippen LogP contribution in [-0.2, 0) is 142 Å². The SMILES string of the molecule is COCC(=O)CCCOCCOCC(=O)NCCCC[C@H](C)[C-]=O.COCCOCCNC(=O)CC[C@H](NC(=O)CCCCCCCCCCC(=O)O)C(=O)O.[CH2-][C@@H](CCCCNC(=O)COCCOCCNC(=O)COCCOCCCC(=O)CC[C@@H](C=O)NC(=O)CCCCCCCCCCC(=O)O)C(C)=O.[HH].[HH].[Y]. The minimum absolute atomic E-state index is 0.